The molecule has 2 unspecified atom stereocenters. The van der Waals surface area contributed by atoms with Gasteiger partial charge in [0.15, 0.2) is 0 Å². The van der Waals surface area contributed by atoms with Crippen molar-refractivity contribution in [2.75, 3.05) is 13.2 Å². The monoisotopic (exact) mass is 886 g/mol. The van der Waals surface area contributed by atoms with Gasteiger partial charge in [-0.05, 0) is 83.5 Å². The molecule has 370 valence electrons. The number of hydrogen-bond acceptors (Lipinski definition) is 5. The highest BCUT2D eigenvalue weighted by molar-refractivity contribution is 5.76. The molecule has 0 aromatic heterocycles. The lowest BCUT2D eigenvalue weighted by Gasteiger charge is -2.20. The maximum Gasteiger partial charge on any atom is 0.305 e. The van der Waals surface area contributed by atoms with Crippen molar-refractivity contribution >= 4 is 11.9 Å². The van der Waals surface area contributed by atoms with Crippen molar-refractivity contribution in [1.82, 2.24) is 5.32 Å². The molecule has 0 radical (unpaired) electrons. The van der Waals surface area contributed by atoms with Crippen molar-refractivity contribution in [3.05, 3.63) is 36.5 Å². The third kappa shape index (κ3) is 49.4. The van der Waals surface area contributed by atoms with Crippen molar-refractivity contribution in [2.24, 2.45) is 0 Å². The Balaban J connectivity index is 3.56. The Bertz CT molecular complexity index is 1020. The van der Waals surface area contributed by atoms with Crippen LogP contribution < -0.4 is 5.32 Å². The van der Waals surface area contributed by atoms with E-state index in [1.807, 2.05) is 6.08 Å². The highest BCUT2D eigenvalue weighted by Gasteiger charge is 2.18. The van der Waals surface area contributed by atoms with E-state index in [2.05, 4.69) is 43.5 Å². The Labute approximate surface area is 392 Å². The van der Waals surface area contributed by atoms with Crippen LogP contribution in [0.1, 0.15) is 290 Å². The van der Waals surface area contributed by atoms with E-state index >= 15 is 0 Å². The predicted octanol–water partition coefficient (Wildman–Crippen LogP) is 16.9. The lowest BCUT2D eigenvalue weighted by Crippen LogP contribution is -2.45. The van der Waals surface area contributed by atoms with E-state index in [1.54, 1.807) is 6.08 Å². The molecule has 0 saturated carbocycles. The van der Waals surface area contributed by atoms with E-state index in [1.165, 1.54) is 186 Å². The second-order valence-corrected chi connectivity index (χ2v) is 18.9. The molecule has 0 aliphatic rings. The fourth-order valence-electron chi connectivity index (χ4n) is 8.33. The summed E-state index contributed by atoms with van der Waals surface area (Å²) < 4.78 is 5.42. The summed E-state index contributed by atoms with van der Waals surface area (Å²) in [5.74, 6) is -0.150. The van der Waals surface area contributed by atoms with Crippen molar-refractivity contribution in [1.29, 1.82) is 0 Å². The van der Waals surface area contributed by atoms with E-state index in [-0.39, 0.29) is 18.5 Å². The summed E-state index contributed by atoms with van der Waals surface area (Å²) in [5, 5.41) is 23.1. The Morgan fingerprint density at radius 3 is 1.14 bits per heavy atom. The van der Waals surface area contributed by atoms with Crippen LogP contribution in [0.3, 0.4) is 0 Å². The fraction of sp³-hybridized carbons (Fsp3) is 0.860. The van der Waals surface area contributed by atoms with Crippen LogP contribution in [0.4, 0.5) is 0 Å². The average Bonchev–Trinajstić information content (AvgIpc) is 3.28. The lowest BCUT2D eigenvalue weighted by atomic mass is 10.0. The highest BCUT2D eigenvalue weighted by atomic mass is 16.5. The summed E-state index contributed by atoms with van der Waals surface area (Å²) in [6.07, 6.45) is 64.5. The lowest BCUT2D eigenvalue weighted by molar-refractivity contribution is -0.143. The molecule has 6 nitrogen and oxygen atoms in total. The van der Waals surface area contributed by atoms with Crippen LogP contribution >= 0.6 is 0 Å². The van der Waals surface area contributed by atoms with Crippen LogP contribution in [0.5, 0.6) is 0 Å². The number of rotatable bonds is 51. The second-order valence-electron chi connectivity index (χ2n) is 18.9. The third-order valence-corrected chi connectivity index (χ3v) is 12.6. The van der Waals surface area contributed by atoms with E-state index < -0.39 is 12.1 Å². The molecule has 6 heteroatoms. The van der Waals surface area contributed by atoms with Crippen LogP contribution in [0.25, 0.3) is 0 Å². The van der Waals surface area contributed by atoms with Gasteiger partial charge in [0.05, 0.1) is 25.4 Å². The molecular weight excluding hydrogens is 779 g/mol. The van der Waals surface area contributed by atoms with Gasteiger partial charge in [0.2, 0.25) is 5.91 Å². The van der Waals surface area contributed by atoms with Crippen LogP contribution in [-0.4, -0.2) is 47.4 Å². The highest BCUT2D eigenvalue weighted by Crippen LogP contribution is 2.16. The molecule has 0 aliphatic carbocycles. The van der Waals surface area contributed by atoms with Gasteiger partial charge < -0.3 is 20.3 Å². The first-order valence-corrected chi connectivity index (χ1v) is 27.8. The number of carbonyl (C=O) groups excluding carboxylic acids is 2. The Kier molecular flexibility index (Phi) is 51.1. The molecule has 0 rings (SSSR count). The second kappa shape index (κ2) is 52.7. The summed E-state index contributed by atoms with van der Waals surface area (Å²) in [4.78, 5) is 24.5. The topological polar surface area (TPSA) is 95.9 Å². The number of aliphatic hydroxyl groups excluding tert-OH is 2. The van der Waals surface area contributed by atoms with E-state index in [4.69, 9.17) is 4.74 Å². The molecule has 3 N–H and O–H groups in total. The van der Waals surface area contributed by atoms with Gasteiger partial charge >= 0.3 is 5.97 Å². The number of unbranched alkanes of at least 4 members (excludes halogenated alkanes) is 36. The zero-order valence-electron chi connectivity index (χ0n) is 42.1. The average molecular weight is 886 g/mol. The molecule has 0 fully saturated rings. The first-order valence-electron chi connectivity index (χ1n) is 27.8. The van der Waals surface area contributed by atoms with Crippen molar-refractivity contribution in [3.63, 3.8) is 0 Å². The van der Waals surface area contributed by atoms with Gasteiger partial charge in [-0.25, -0.2) is 0 Å². The largest absolute Gasteiger partial charge is 0.466 e. The Morgan fingerprint density at radius 1 is 0.429 bits per heavy atom. The summed E-state index contributed by atoms with van der Waals surface area (Å²) in [6.45, 7) is 4.80. The minimum absolute atomic E-state index is 0.0475. The molecule has 1 amide bonds. The molecular formula is C57H107NO5. The minimum atomic E-state index is -0.868. The Hall–Kier alpha value is -1.92. The molecule has 0 bridgehead atoms. The quantitative estimate of drug-likeness (QED) is 0.0321. The summed E-state index contributed by atoms with van der Waals surface area (Å²) in [7, 11) is 0. The molecule has 0 aromatic rings. The number of esters is 1. The molecule has 0 heterocycles. The van der Waals surface area contributed by atoms with Gasteiger partial charge in [-0.15, -0.1) is 0 Å². The predicted molar refractivity (Wildman–Crippen MR) is 273 cm³/mol. The number of carbonyl (C=O) groups is 2. The fourth-order valence-corrected chi connectivity index (χ4v) is 8.33. The van der Waals surface area contributed by atoms with E-state index in [0.29, 0.717) is 19.4 Å². The zero-order chi connectivity index (χ0) is 45.8. The normalized spacial score (nSPS) is 12.9. The molecule has 0 saturated heterocycles. The molecule has 0 spiro atoms. The van der Waals surface area contributed by atoms with Gasteiger partial charge in [0.25, 0.3) is 0 Å². The van der Waals surface area contributed by atoms with Crippen LogP contribution in [0.15, 0.2) is 36.5 Å². The summed E-state index contributed by atoms with van der Waals surface area (Å²) >= 11 is 0. The molecule has 63 heavy (non-hydrogen) atoms. The van der Waals surface area contributed by atoms with Gasteiger partial charge in [-0.3, -0.25) is 9.59 Å². The van der Waals surface area contributed by atoms with Crippen LogP contribution in [-0.2, 0) is 14.3 Å². The Morgan fingerprint density at radius 2 is 0.746 bits per heavy atom. The van der Waals surface area contributed by atoms with Crippen LogP contribution in [0, 0.1) is 0 Å². The smallest absolute Gasteiger partial charge is 0.305 e. The van der Waals surface area contributed by atoms with E-state index in [9.17, 15) is 19.8 Å². The van der Waals surface area contributed by atoms with Gasteiger partial charge in [0, 0.05) is 12.8 Å². The van der Waals surface area contributed by atoms with Crippen molar-refractivity contribution in [2.45, 2.75) is 302 Å². The molecule has 0 aliphatic heterocycles. The summed E-state index contributed by atoms with van der Waals surface area (Å²) in [6, 6.07) is -0.655. The maximum absolute atomic E-state index is 12.5. The van der Waals surface area contributed by atoms with Crippen molar-refractivity contribution in [3.8, 4) is 0 Å². The van der Waals surface area contributed by atoms with E-state index in [0.717, 1.165) is 77.0 Å². The number of amides is 1. The SMILES string of the molecule is CCCCCC/C=C\CCCCCCCC(=O)OCCCC/C=C\CCCCCCC(=O)NC(CO)C(O)/C=C/CCCCCCCCCCCCCCCCCCCCCCC. The molecule has 2 atom stereocenters. The number of aliphatic hydroxyl groups is 2. The third-order valence-electron chi connectivity index (χ3n) is 12.6. The summed E-state index contributed by atoms with van der Waals surface area (Å²) in [5.41, 5.74) is 0. The number of hydrogen-bond donors (Lipinski definition) is 3. The maximum atomic E-state index is 12.5. The van der Waals surface area contributed by atoms with Gasteiger partial charge in [-0.2, -0.15) is 0 Å². The zero-order valence-corrected chi connectivity index (χ0v) is 42.1. The molecule has 0 aromatic carbocycles. The number of nitrogens with one attached hydrogen (secondary N) is 1. The number of ether oxygens (including phenoxy) is 1. The minimum Gasteiger partial charge on any atom is -0.466 e. The first-order chi connectivity index (χ1) is 31.0. The number of allylic oxidation sites excluding steroid dienone is 5. The standard InChI is InChI=1S/C57H107NO5/c1-3-5-7-9-11-13-15-17-18-19-20-21-22-23-24-25-26-28-29-33-37-41-45-49-55(60)54(53-59)58-56(61)50-46-42-38-34-31-32-36-40-44-48-52-63-57(62)51-47-43-39-35-30-27-16-14-12-10-8-6-4-2/h14,16,32,36,45,49,54-55,59-60H,3-13,15,17-31,33-35,37-44,46-48,50-53H2,1-2H3,(H,58,61)/b16-14-,36-32-,49-45+. The van der Waals surface area contributed by atoms with Crippen molar-refractivity contribution < 1.29 is 24.5 Å². The van der Waals surface area contributed by atoms with Gasteiger partial charge in [-0.1, -0.05) is 230 Å². The van der Waals surface area contributed by atoms with Crippen LogP contribution in [0.2, 0.25) is 0 Å². The first kappa shape index (κ1) is 61.1. The van der Waals surface area contributed by atoms with Gasteiger partial charge in [0.1, 0.15) is 0 Å².